The summed E-state index contributed by atoms with van der Waals surface area (Å²) in [7, 11) is 1.30. The average Bonchev–Trinajstić information content (AvgIpc) is 3.57. The van der Waals surface area contributed by atoms with Crippen molar-refractivity contribution in [2.24, 2.45) is 0 Å². The highest BCUT2D eigenvalue weighted by Crippen LogP contribution is 2.26. The van der Waals surface area contributed by atoms with E-state index in [9.17, 15) is 13.2 Å². The Balaban J connectivity index is 1.34. The van der Waals surface area contributed by atoms with Gasteiger partial charge in [0.2, 0.25) is 21.8 Å². The average molecular weight is 544 g/mol. The van der Waals surface area contributed by atoms with Gasteiger partial charge < -0.3 is 18.8 Å². The van der Waals surface area contributed by atoms with E-state index in [1.54, 1.807) is 44.2 Å². The Kier molecular flexibility index (Phi) is 8.34. The molecule has 1 fully saturated rings. The first-order chi connectivity index (χ1) is 18.1. The van der Waals surface area contributed by atoms with E-state index in [2.05, 4.69) is 19.6 Å². The monoisotopic (exact) mass is 543 g/mol. The highest BCUT2D eigenvalue weighted by Gasteiger charge is 2.31. The summed E-state index contributed by atoms with van der Waals surface area (Å²) in [4.78, 5) is 25.6. The predicted molar refractivity (Wildman–Crippen MR) is 140 cm³/mol. The molecule has 0 radical (unpaired) electrons. The Morgan fingerprint density at radius 3 is 2.58 bits per heavy atom. The fourth-order valence-electron chi connectivity index (χ4n) is 4.66. The van der Waals surface area contributed by atoms with E-state index >= 15 is 0 Å². The normalized spacial score (nSPS) is 15.7. The van der Waals surface area contributed by atoms with Gasteiger partial charge in [-0.2, -0.15) is 0 Å². The van der Waals surface area contributed by atoms with Gasteiger partial charge in [-0.3, -0.25) is 9.69 Å². The van der Waals surface area contributed by atoms with E-state index in [1.165, 1.54) is 13.4 Å². The van der Waals surface area contributed by atoms with Crippen LogP contribution < -0.4 is 14.2 Å². The molecule has 12 heteroatoms. The van der Waals surface area contributed by atoms with Crippen molar-refractivity contribution in [3.63, 3.8) is 0 Å². The second-order valence-corrected chi connectivity index (χ2v) is 11.1. The summed E-state index contributed by atoms with van der Waals surface area (Å²) in [6, 6.07) is 7.32. The largest absolute Gasteiger partial charge is 0.497 e. The van der Waals surface area contributed by atoms with Crippen LogP contribution in [-0.2, 0) is 23.1 Å². The number of amides is 1. The lowest BCUT2D eigenvalue weighted by Crippen LogP contribution is -2.36. The summed E-state index contributed by atoms with van der Waals surface area (Å²) in [6.45, 7) is 5.09. The summed E-state index contributed by atoms with van der Waals surface area (Å²) in [6.07, 6.45) is 3.89. The lowest BCUT2D eigenvalue weighted by atomic mass is 10.1. The number of sulfonamides is 1. The smallest absolute Gasteiger partial charge is 0.275 e. The Hall–Kier alpha value is -3.48. The van der Waals surface area contributed by atoms with Gasteiger partial charge in [0, 0.05) is 37.9 Å². The number of rotatable bonds is 10. The fraction of sp³-hybridized carbons (Fsp3) is 0.423. The van der Waals surface area contributed by atoms with Gasteiger partial charge in [-0.1, -0.05) is 6.07 Å². The number of hydrogen-bond donors (Lipinski definition) is 1. The maximum Gasteiger partial charge on any atom is 0.275 e. The van der Waals surface area contributed by atoms with Gasteiger partial charge in [-0.05, 0) is 56.1 Å². The number of nitrogens with zero attached hydrogens (tertiary/aromatic N) is 4. The molecule has 1 N–H and O–H groups in total. The minimum Gasteiger partial charge on any atom is -0.497 e. The quantitative estimate of drug-likeness (QED) is 0.410. The van der Waals surface area contributed by atoms with Crippen molar-refractivity contribution in [2.75, 3.05) is 34.4 Å². The van der Waals surface area contributed by atoms with Crippen molar-refractivity contribution in [2.45, 2.75) is 44.3 Å². The zero-order valence-corrected chi connectivity index (χ0v) is 23.0. The number of aryl methyl sites for hydroxylation is 2. The van der Waals surface area contributed by atoms with Gasteiger partial charge in [0.25, 0.3) is 5.91 Å². The molecule has 3 heterocycles. The number of oxazole rings is 1. The molecule has 38 heavy (non-hydrogen) atoms. The maximum absolute atomic E-state index is 13.0. The summed E-state index contributed by atoms with van der Waals surface area (Å²) in [5.41, 5.74) is 2.34. The molecule has 3 aromatic rings. The number of aromatic nitrogens is 2. The van der Waals surface area contributed by atoms with Crippen LogP contribution >= 0.6 is 0 Å². The number of pyridine rings is 1. The highest BCUT2D eigenvalue weighted by atomic mass is 32.2. The van der Waals surface area contributed by atoms with E-state index < -0.39 is 10.0 Å². The Morgan fingerprint density at radius 1 is 1.21 bits per heavy atom. The van der Waals surface area contributed by atoms with Crippen LogP contribution in [0.4, 0.5) is 0 Å². The second-order valence-electron chi connectivity index (χ2n) is 9.36. The second kappa shape index (κ2) is 11.5. The van der Waals surface area contributed by atoms with Gasteiger partial charge in [-0.25, -0.2) is 23.1 Å². The van der Waals surface area contributed by atoms with Crippen LogP contribution in [0.5, 0.6) is 11.6 Å². The molecule has 2 aromatic heterocycles. The van der Waals surface area contributed by atoms with Gasteiger partial charge >= 0.3 is 0 Å². The lowest BCUT2D eigenvalue weighted by molar-refractivity contribution is 0.0773. The fourth-order valence-corrected chi connectivity index (χ4v) is 6.09. The Labute approximate surface area is 222 Å². The number of benzene rings is 1. The van der Waals surface area contributed by atoms with Crippen LogP contribution in [0, 0.1) is 13.8 Å². The van der Waals surface area contributed by atoms with Crippen LogP contribution in [0.3, 0.4) is 0 Å². The third-order valence-electron chi connectivity index (χ3n) is 6.64. The van der Waals surface area contributed by atoms with Crippen molar-refractivity contribution in [1.29, 1.82) is 0 Å². The molecular formula is C26H33N5O6S. The molecule has 11 nitrogen and oxygen atoms in total. The Bertz CT molecular complexity index is 1370. The van der Waals surface area contributed by atoms with E-state index in [4.69, 9.17) is 13.9 Å². The number of nitrogens with one attached hydrogen (secondary N) is 1. The molecule has 0 aliphatic carbocycles. The molecule has 204 valence electrons. The molecule has 0 saturated carbocycles. The van der Waals surface area contributed by atoms with Crippen molar-refractivity contribution in [3.8, 4) is 11.6 Å². The third-order valence-corrected chi connectivity index (χ3v) is 8.34. The van der Waals surface area contributed by atoms with Crippen LogP contribution in [0.2, 0.25) is 0 Å². The molecular weight excluding hydrogens is 510 g/mol. The van der Waals surface area contributed by atoms with E-state index in [-0.39, 0.29) is 35.0 Å². The highest BCUT2D eigenvalue weighted by molar-refractivity contribution is 7.89. The number of carbonyl (C=O) groups excluding carboxylic acids is 1. The van der Waals surface area contributed by atoms with Gasteiger partial charge in [0.05, 0.1) is 25.7 Å². The first-order valence-corrected chi connectivity index (χ1v) is 13.7. The summed E-state index contributed by atoms with van der Waals surface area (Å²) >= 11 is 0. The minimum absolute atomic E-state index is 0.112. The zero-order chi connectivity index (χ0) is 27.4. The Morgan fingerprint density at radius 2 is 1.95 bits per heavy atom. The number of likely N-dealkylation sites (N-methyl/N-ethyl adjacent to an activating group) is 1. The van der Waals surface area contributed by atoms with Gasteiger partial charge in [-0.15, -0.1) is 0 Å². The minimum atomic E-state index is -3.84. The maximum atomic E-state index is 13.0. The summed E-state index contributed by atoms with van der Waals surface area (Å²) in [5.74, 6) is 1.02. The van der Waals surface area contributed by atoms with E-state index in [0.717, 1.165) is 12.0 Å². The molecule has 0 bridgehead atoms. The lowest BCUT2D eigenvalue weighted by Gasteiger charge is -2.24. The summed E-state index contributed by atoms with van der Waals surface area (Å²) < 4.78 is 44.1. The number of methoxy groups -OCH3 is 2. The van der Waals surface area contributed by atoms with E-state index in [0.29, 0.717) is 42.4 Å². The molecule has 1 amide bonds. The first kappa shape index (κ1) is 27.6. The standard InChI is InChI=1S/C26H33N5O6S/c1-17-10-21(35-4)11-18(2)25(17)38(33,34)28-13-24-29-22(16-37-24)26(32)31-9-8-20(15-31)30(3)14-19-6-7-23(36-5)27-12-19/h6-7,10-12,16,20,28H,8-9,13-15H2,1-5H3. The van der Waals surface area contributed by atoms with Gasteiger partial charge in [0.1, 0.15) is 12.0 Å². The molecule has 0 spiro atoms. The zero-order valence-electron chi connectivity index (χ0n) is 22.2. The molecule has 1 aliphatic heterocycles. The van der Waals surface area contributed by atoms with Crippen LogP contribution in [0.15, 0.2) is 46.0 Å². The predicted octanol–water partition coefficient (Wildman–Crippen LogP) is 2.53. The molecule has 1 unspecified atom stereocenters. The molecule has 1 aliphatic rings. The number of hydrogen-bond acceptors (Lipinski definition) is 9. The van der Waals surface area contributed by atoms with Crippen molar-refractivity contribution < 1.29 is 27.1 Å². The van der Waals surface area contributed by atoms with Crippen molar-refractivity contribution in [1.82, 2.24) is 24.5 Å². The van der Waals surface area contributed by atoms with Gasteiger partial charge in [0.15, 0.2) is 5.69 Å². The molecule has 1 saturated heterocycles. The van der Waals surface area contributed by atoms with Crippen LogP contribution in [0.25, 0.3) is 0 Å². The van der Waals surface area contributed by atoms with Crippen LogP contribution in [0.1, 0.15) is 39.5 Å². The molecule has 4 rings (SSSR count). The SMILES string of the molecule is COc1cc(C)c(S(=O)(=O)NCc2nc(C(=O)N3CCC(N(C)Cc4ccc(OC)nc4)C3)co2)c(C)c1. The number of likely N-dealkylation sites (tertiary alicyclic amines) is 1. The first-order valence-electron chi connectivity index (χ1n) is 12.2. The number of ether oxygens (including phenoxy) is 2. The molecule has 1 aromatic carbocycles. The van der Waals surface area contributed by atoms with Crippen molar-refractivity contribution >= 4 is 15.9 Å². The van der Waals surface area contributed by atoms with Crippen molar-refractivity contribution in [3.05, 3.63) is 65.0 Å². The number of carbonyl (C=O) groups is 1. The summed E-state index contributed by atoms with van der Waals surface area (Å²) in [5, 5.41) is 0. The molecule has 1 atom stereocenters. The van der Waals surface area contributed by atoms with E-state index in [1.807, 2.05) is 19.2 Å². The topological polar surface area (TPSA) is 127 Å². The van der Waals surface area contributed by atoms with Crippen LogP contribution in [-0.4, -0.2) is 74.5 Å². The third kappa shape index (κ3) is 6.14.